The molecule has 13 rings (SSSR count). The van der Waals surface area contributed by atoms with Gasteiger partial charge in [-0.2, -0.15) is 0 Å². The summed E-state index contributed by atoms with van der Waals surface area (Å²) in [6.07, 6.45) is 10.9. The average Bonchev–Trinajstić information content (AvgIpc) is 0.806. The van der Waals surface area contributed by atoms with Crippen molar-refractivity contribution < 1.29 is 68.7 Å². The summed E-state index contributed by atoms with van der Waals surface area (Å²) < 4.78 is 78.0. The number of aromatic nitrogens is 4. The van der Waals surface area contributed by atoms with Gasteiger partial charge in [0.05, 0.1) is 96.9 Å². The van der Waals surface area contributed by atoms with E-state index in [0.717, 1.165) is 47.9 Å². The number of hydrogen-bond acceptors (Lipinski definition) is 6. The van der Waals surface area contributed by atoms with Crippen LogP contribution in [0.3, 0.4) is 0 Å². The summed E-state index contributed by atoms with van der Waals surface area (Å²) in [4.78, 5) is 22.2. The van der Waals surface area contributed by atoms with Gasteiger partial charge >= 0.3 is 48.6 Å². The number of rotatable bonds is 20. The number of halogens is 8. The van der Waals surface area contributed by atoms with Crippen LogP contribution in [0.2, 0.25) is 0 Å². The van der Waals surface area contributed by atoms with E-state index < -0.39 is 46.2 Å². The molecule has 0 amide bonds. The van der Waals surface area contributed by atoms with E-state index in [-0.39, 0.29) is 34.1 Å². The Bertz CT molecular complexity index is 3600. The molecule has 0 saturated carbocycles. The minimum Gasteiger partial charge on any atom is -0.418 e. The van der Waals surface area contributed by atoms with Crippen LogP contribution in [0.4, 0.5) is 45.9 Å². The Hall–Kier alpha value is -8.49. The van der Waals surface area contributed by atoms with Crippen LogP contribution in [0.25, 0.3) is 22.8 Å². The van der Waals surface area contributed by atoms with Gasteiger partial charge in [-0.1, -0.05) is 170 Å². The maximum atomic E-state index is 9.75. The smallest absolute Gasteiger partial charge is 0.418 e. The molecule has 4 heterocycles. The molecule has 13 aromatic rings. The third-order valence-electron chi connectivity index (χ3n) is 15.1. The molecule has 0 bridgehead atoms. The first-order chi connectivity index (χ1) is 47.7. The molecule has 0 aliphatic rings. The summed E-state index contributed by atoms with van der Waals surface area (Å²) in [5.74, 6) is 0. The largest absolute Gasteiger partial charge is 1.00 e. The predicted octanol–water partition coefficient (Wildman–Crippen LogP) is 17.5. The molecule has 0 unspecified atom stereocenters. The van der Waals surface area contributed by atoms with Crippen molar-refractivity contribution in [3.05, 3.63) is 365 Å². The number of nitrogens with zero attached hydrogens (tertiary/aromatic N) is 6. The zero-order chi connectivity index (χ0) is 68.6. The second kappa shape index (κ2) is 41.9. The maximum Gasteiger partial charge on any atom is 1.00 e. The summed E-state index contributed by atoms with van der Waals surface area (Å²) in [7, 11) is -16.8. The van der Waals surface area contributed by atoms with Gasteiger partial charge in [0.25, 0.3) is 0 Å². The van der Waals surface area contributed by atoms with Crippen LogP contribution < -0.4 is 52.2 Å². The van der Waals surface area contributed by atoms with Gasteiger partial charge in [-0.05, 0) is 170 Å². The molecule has 22 heteroatoms. The quantitative estimate of drug-likeness (QED) is 0.0431. The van der Waals surface area contributed by atoms with Crippen LogP contribution in [0.1, 0.15) is 0 Å². The number of benzene rings is 9. The minimum atomic E-state index is -6.00. The minimum absolute atomic E-state index is 0. The van der Waals surface area contributed by atoms with E-state index >= 15 is 0 Å². The molecular formula is C78H72B2Cu2F8N6P4+4. The average molecular weight is 1520 g/mol. The second-order valence-electron chi connectivity index (χ2n) is 21.9. The van der Waals surface area contributed by atoms with Crippen molar-refractivity contribution in [3.8, 4) is 22.8 Å². The summed E-state index contributed by atoms with van der Waals surface area (Å²) in [6, 6.07) is 123. The van der Waals surface area contributed by atoms with Crippen LogP contribution >= 0.6 is 31.7 Å². The van der Waals surface area contributed by atoms with Gasteiger partial charge in [0.1, 0.15) is 25.1 Å². The van der Waals surface area contributed by atoms with Crippen LogP contribution in [0, 0.1) is 0 Å². The molecule has 0 N–H and O–H groups in total. The van der Waals surface area contributed by atoms with Crippen molar-refractivity contribution in [2.24, 2.45) is 0 Å². The van der Waals surface area contributed by atoms with Crippen LogP contribution in [0.15, 0.2) is 365 Å². The van der Waals surface area contributed by atoms with Gasteiger partial charge in [0.2, 0.25) is 0 Å². The first kappa shape index (κ1) is 78.8. The van der Waals surface area contributed by atoms with E-state index in [9.17, 15) is 34.5 Å². The Balaban J connectivity index is 0.000000315. The van der Waals surface area contributed by atoms with Crippen molar-refractivity contribution in [3.63, 3.8) is 0 Å². The zero-order valence-corrected chi connectivity index (χ0v) is 59.8. The van der Waals surface area contributed by atoms with Gasteiger partial charge in [-0.25, -0.2) is 0 Å². The molecule has 0 aliphatic carbocycles. The number of hydrogen-bond donors (Lipinski definition) is 0. The Morgan fingerprint density at radius 2 is 0.350 bits per heavy atom. The molecule has 100 heavy (non-hydrogen) atoms. The molecule has 4 aromatic heterocycles. The standard InChI is InChI=1S/C58H52N2P4.2C10H8N2.2BF4.2Cu/c1-9-25-51(26-10-1)61(52-27-11-2-12-28-52)45-59(46-62(53-29-13-3-14-30-53)54-31-15-4-16-32-54)49-41-43-50(44-42-49)60(47-63(55-33-17-5-18-34-55)56-35-19-6-20-36-56)48-64(57-37-21-7-22-38-57)58-39-23-8-24-40-58;2*1-3-7-11-9(5-1)10-6-2-4-8-12-10;2*2-1(3,4)5;;/h1-44H,45-48H2;2*1-8H;;;;/q;;;2*-1;2*+1/p+4. The van der Waals surface area contributed by atoms with Gasteiger partial charge in [-0.3, -0.25) is 19.9 Å². The predicted molar refractivity (Wildman–Crippen MR) is 408 cm³/mol. The fraction of sp³-hybridized carbons (Fsp3) is 0.0513. The summed E-state index contributed by atoms with van der Waals surface area (Å²) in [5.41, 5.74) is 6.22. The van der Waals surface area contributed by atoms with Gasteiger partial charge in [0.15, 0.2) is 0 Å². The van der Waals surface area contributed by atoms with E-state index in [2.05, 4.69) is 297 Å². The van der Waals surface area contributed by atoms with Gasteiger partial charge in [-0.15, -0.1) is 0 Å². The Kier molecular flexibility index (Phi) is 33.1. The topological polar surface area (TPSA) is 58.0 Å². The zero-order valence-electron chi connectivity index (χ0n) is 53.9. The maximum absolute atomic E-state index is 9.75. The van der Waals surface area contributed by atoms with E-state index in [4.69, 9.17) is 0 Å². The third kappa shape index (κ3) is 26.9. The fourth-order valence-corrected chi connectivity index (χ4v) is 21.4. The first-order valence-corrected chi connectivity index (χ1v) is 38.4. The normalized spacial score (nSPS) is 10.8. The Labute approximate surface area is 606 Å². The molecule has 0 radical (unpaired) electrons. The first-order valence-electron chi connectivity index (χ1n) is 31.6. The Morgan fingerprint density at radius 3 is 0.480 bits per heavy atom. The summed E-state index contributed by atoms with van der Waals surface area (Å²) in [6.45, 7) is 0. The van der Waals surface area contributed by atoms with Crippen molar-refractivity contribution in [1.29, 1.82) is 0 Å². The van der Waals surface area contributed by atoms with E-state index in [1.165, 1.54) is 53.8 Å². The van der Waals surface area contributed by atoms with Crippen LogP contribution in [-0.2, 0) is 34.1 Å². The monoisotopic (exact) mass is 1520 g/mol. The molecule has 0 saturated heterocycles. The molecule has 0 spiro atoms. The SMILES string of the molecule is F[B-](F)(F)F.F[B-](F)(F)F.[Cu+].[Cu+].c1ccc(-c2ccccn2)nc1.c1ccc(-c2ccccn2)nc1.c1ccc([PH+](CN(C[PH+](c2ccccc2)c2ccccc2)c2ccc(N(C[PH+](c3ccccc3)c3ccccc3)C[PH+](c3ccccc3)c3ccccc3)cc2)c2ccccc2)cc1. The molecule has 514 valence electrons. The third-order valence-corrected chi connectivity index (χ3v) is 26.2. The van der Waals surface area contributed by atoms with Crippen molar-refractivity contribution >= 4 is 100 Å². The number of anilines is 2. The summed E-state index contributed by atoms with van der Waals surface area (Å²) in [5, 5.41) is 11.5. The molecule has 9 aromatic carbocycles. The van der Waals surface area contributed by atoms with E-state index in [1.54, 1.807) is 24.8 Å². The van der Waals surface area contributed by atoms with Gasteiger partial charge in [0, 0.05) is 36.2 Å². The molecule has 0 fully saturated rings. The van der Waals surface area contributed by atoms with Crippen LogP contribution in [0.5, 0.6) is 0 Å². The molecule has 6 nitrogen and oxygen atoms in total. The van der Waals surface area contributed by atoms with Crippen molar-refractivity contribution in [2.75, 3.05) is 34.9 Å². The molecular weight excluding hydrogens is 1450 g/mol. The Morgan fingerprint density at radius 1 is 0.210 bits per heavy atom. The molecule has 0 aliphatic heterocycles. The number of pyridine rings is 4. The van der Waals surface area contributed by atoms with E-state index in [1.807, 2.05) is 72.8 Å². The summed E-state index contributed by atoms with van der Waals surface area (Å²) >= 11 is 0. The van der Waals surface area contributed by atoms with Crippen molar-refractivity contribution in [1.82, 2.24) is 19.9 Å². The van der Waals surface area contributed by atoms with E-state index in [0.29, 0.717) is 0 Å². The fourth-order valence-electron chi connectivity index (χ4n) is 10.7. The molecule has 0 atom stereocenters. The second-order valence-corrected chi connectivity index (χ2v) is 31.6. The van der Waals surface area contributed by atoms with Crippen molar-refractivity contribution in [2.45, 2.75) is 0 Å². The van der Waals surface area contributed by atoms with Crippen LogP contribution in [-0.4, -0.2) is 59.6 Å². The van der Waals surface area contributed by atoms with Gasteiger partial charge < -0.3 is 44.3 Å².